The highest BCUT2D eigenvalue weighted by Crippen LogP contribution is 2.30. The first kappa shape index (κ1) is 22.8. The summed E-state index contributed by atoms with van der Waals surface area (Å²) in [6.45, 7) is 6.15. The standard InChI is InChI=1S/C32H33N3O/c1-23-7-10-26(11-8-23)32-31-14-13-30(36-2)20-28(31)22-35(33-32)29-15-17-34(18-16-29)21-24-9-12-25-5-3-4-6-27(25)19-24/h3-14,19-20,29H,15-18,21-22H2,1-2H3. The Kier molecular flexibility index (Phi) is 6.20. The van der Waals surface area contributed by atoms with Crippen LogP contribution in [-0.4, -0.2) is 41.9 Å². The molecule has 2 aliphatic rings. The van der Waals surface area contributed by atoms with Crippen LogP contribution in [0.2, 0.25) is 0 Å². The van der Waals surface area contributed by atoms with Crippen LogP contribution in [0.1, 0.15) is 40.7 Å². The summed E-state index contributed by atoms with van der Waals surface area (Å²) in [6, 6.07) is 31.0. The van der Waals surface area contributed by atoms with Crippen molar-refractivity contribution in [1.29, 1.82) is 0 Å². The van der Waals surface area contributed by atoms with E-state index in [2.05, 4.69) is 95.7 Å². The van der Waals surface area contributed by atoms with Gasteiger partial charge in [-0.15, -0.1) is 0 Å². The molecule has 4 nitrogen and oxygen atoms in total. The van der Waals surface area contributed by atoms with E-state index in [0.29, 0.717) is 6.04 Å². The van der Waals surface area contributed by atoms with Gasteiger partial charge in [0.2, 0.25) is 0 Å². The van der Waals surface area contributed by atoms with Crippen molar-refractivity contribution in [3.05, 3.63) is 113 Å². The molecular formula is C32H33N3O. The Balaban J connectivity index is 1.19. The van der Waals surface area contributed by atoms with Gasteiger partial charge in [0, 0.05) is 36.8 Å². The molecule has 1 saturated heterocycles. The first-order valence-electron chi connectivity index (χ1n) is 13.0. The predicted molar refractivity (Wildman–Crippen MR) is 148 cm³/mol. The van der Waals surface area contributed by atoms with Crippen molar-refractivity contribution in [2.75, 3.05) is 20.2 Å². The number of likely N-dealkylation sites (tertiary alicyclic amines) is 1. The summed E-state index contributed by atoms with van der Waals surface area (Å²) in [6.07, 6.45) is 2.25. The van der Waals surface area contributed by atoms with Gasteiger partial charge in [0.15, 0.2) is 0 Å². The van der Waals surface area contributed by atoms with Crippen LogP contribution >= 0.6 is 0 Å². The van der Waals surface area contributed by atoms with E-state index in [1.807, 2.05) is 6.07 Å². The minimum Gasteiger partial charge on any atom is -0.497 e. The van der Waals surface area contributed by atoms with Gasteiger partial charge in [-0.2, -0.15) is 5.10 Å². The van der Waals surface area contributed by atoms with Crippen molar-refractivity contribution < 1.29 is 4.74 Å². The number of hydrazone groups is 1. The zero-order chi connectivity index (χ0) is 24.5. The highest BCUT2D eigenvalue weighted by Gasteiger charge is 2.29. The van der Waals surface area contributed by atoms with Gasteiger partial charge >= 0.3 is 0 Å². The maximum Gasteiger partial charge on any atom is 0.119 e. The number of benzene rings is 4. The molecule has 4 aromatic rings. The molecule has 36 heavy (non-hydrogen) atoms. The zero-order valence-electron chi connectivity index (χ0n) is 21.2. The molecule has 0 atom stereocenters. The molecule has 0 unspecified atom stereocenters. The van der Waals surface area contributed by atoms with Crippen LogP contribution in [0.5, 0.6) is 5.75 Å². The minimum absolute atomic E-state index is 0.442. The first-order chi connectivity index (χ1) is 17.7. The molecule has 0 amide bonds. The van der Waals surface area contributed by atoms with E-state index in [1.54, 1.807) is 7.11 Å². The number of piperidine rings is 1. The van der Waals surface area contributed by atoms with Crippen LogP contribution in [0, 0.1) is 6.92 Å². The van der Waals surface area contributed by atoms with Crippen molar-refractivity contribution in [3.63, 3.8) is 0 Å². The highest BCUT2D eigenvalue weighted by molar-refractivity contribution is 6.14. The van der Waals surface area contributed by atoms with Crippen LogP contribution in [0.4, 0.5) is 0 Å². The second-order valence-corrected chi connectivity index (χ2v) is 10.1. The molecule has 4 aromatic carbocycles. The van der Waals surface area contributed by atoms with E-state index in [4.69, 9.17) is 9.84 Å². The number of hydrogen-bond acceptors (Lipinski definition) is 4. The summed E-state index contributed by atoms with van der Waals surface area (Å²) in [4.78, 5) is 2.59. The molecule has 182 valence electrons. The van der Waals surface area contributed by atoms with Crippen molar-refractivity contribution in [2.45, 2.75) is 38.9 Å². The summed E-state index contributed by atoms with van der Waals surface area (Å²) in [7, 11) is 1.74. The Morgan fingerprint density at radius 1 is 0.861 bits per heavy atom. The molecule has 6 rings (SSSR count). The molecule has 0 bridgehead atoms. The summed E-state index contributed by atoms with van der Waals surface area (Å²) >= 11 is 0. The molecule has 0 aromatic heterocycles. The third kappa shape index (κ3) is 4.61. The fourth-order valence-corrected chi connectivity index (χ4v) is 5.56. The number of aryl methyl sites for hydroxylation is 1. The van der Waals surface area contributed by atoms with Gasteiger partial charge in [0.1, 0.15) is 5.75 Å². The third-order valence-corrected chi connectivity index (χ3v) is 7.65. The Morgan fingerprint density at radius 3 is 2.42 bits per heavy atom. The van der Waals surface area contributed by atoms with Crippen LogP contribution in [0.3, 0.4) is 0 Å². The average Bonchev–Trinajstić information content (AvgIpc) is 2.93. The van der Waals surface area contributed by atoms with Gasteiger partial charge in [-0.25, -0.2) is 0 Å². The van der Waals surface area contributed by atoms with E-state index in [9.17, 15) is 0 Å². The summed E-state index contributed by atoms with van der Waals surface area (Å²) in [5, 5.41) is 10.2. The van der Waals surface area contributed by atoms with E-state index >= 15 is 0 Å². The number of nitrogens with zero attached hydrogens (tertiary/aromatic N) is 3. The molecular weight excluding hydrogens is 442 g/mol. The van der Waals surface area contributed by atoms with E-state index in [0.717, 1.165) is 50.5 Å². The van der Waals surface area contributed by atoms with Crippen molar-refractivity contribution >= 4 is 16.5 Å². The Bertz CT molecular complexity index is 1400. The summed E-state index contributed by atoms with van der Waals surface area (Å²) in [5.41, 5.74) is 7.40. The third-order valence-electron chi connectivity index (χ3n) is 7.65. The quantitative estimate of drug-likeness (QED) is 0.335. The van der Waals surface area contributed by atoms with Crippen molar-refractivity contribution in [2.24, 2.45) is 5.10 Å². The van der Waals surface area contributed by atoms with E-state index in [1.165, 1.54) is 38.6 Å². The molecule has 0 saturated carbocycles. The lowest BCUT2D eigenvalue weighted by atomic mass is 9.94. The second-order valence-electron chi connectivity index (χ2n) is 10.1. The van der Waals surface area contributed by atoms with Gasteiger partial charge in [0.05, 0.1) is 19.4 Å². The fourth-order valence-electron chi connectivity index (χ4n) is 5.56. The number of methoxy groups -OCH3 is 1. The predicted octanol–water partition coefficient (Wildman–Crippen LogP) is 6.39. The van der Waals surface area contributed by atoms with Gasteiger partial charge in [-0.05, 0) is 65.9 Å². The molecule has 2 aliphatic heterocycles. The number of ether oxygens (including phenoxy) is 1. The Hall–Kier alpha value is -3.63. The SMILES string of the molecule is COc1ccc2c(c1)CN(C1CCN(Cc3ccc4ccccc4c3)CC1)N=C2c1ccc(C)cc1. The van der Waals surface area contributed by atoms with Crippen LogP contribution < -0.4 is 4.74 Å². The summed E-state index contributed by atoms with van der Waals surface area (Å²) < 4.78 is 5.55. The van der Waals surface area contributed by atoms with Gasteiger partial charge in [-0.3, -0.25) is 9.91 Å². The lowest BCUT2D eigenvalue weighted by molar-refractivity contribution is 0.100. The monoisotopic (exact) mass is 475 g/mol. The Morgan fingerprint density at radius 2 is 1.64 bits per heavy atom. The fraction of sp³-hybridized carbons (Fsp3) is 0.281. The molecule has 2 heterocycles. The molecule has 1 fully saturated rings. The van der Waals surface area contributed by atoms with Crippen LogP contribution in [0.15, 0.2) is 90.0 Å². The first-order valence-corrected chi connectivity index (χ1v) is 13.0. The molecule has 0 aliphatic carbocycles. The Labute approximate surface area is 213 Å². The summed E-state index contributed by atoms with van der Waals surface area (Å²) in [5.74, 6) is 0.907. The molecule has 0 spiro atoms. The van der Waals surface area contributed by atoms with Gasteiger partial charge < -0.3 is 4.74 Å². The van der Waals surface area contributed by atoms with Crippen LogP contribution in [-0.2, 0) is 13.1 Å². The molecule has 0 N–H and O–H groups in total. The largest absolute Gasteiger partial charge is 0.497 e. The van der Waals surface area contributed by atoms with E-state index < -0.39 is 0 Å². The highest BCUT2D eigenvalue weighted by atomic mass is 16.5. The average molecular weight is 476 g/mol. The molecule has 4 heteroatoms. The van der Waals surface area contributed by atoms with Crippen molar-refractivity contribution in [3.8, 4) is 5.75 Å². The molecule has 0 radical (unpaired) electrons. The van der Waals surface area contributed by atoms with Gasteiger partial charge in [-0.1, -0.05) is 66.2 Å². The second kappa shape index (κ2) is 9.79. The minimum atomic E-state index is 0.442. The number of hydrogen-bond donors (Lipinski definition) is 0. The zero-order valence-corrected chi connectivity index (χ0v) is 21.2. The van der Waals surface area contributed by atoms with Crippen molar-refractivity contribution in [1.82, 2.24) is 9.91 Å². The van der Waals surface area contributed by atoms with Crippen LogP contribution in [0.25, 0.3) is 10.8 Å². The lowest BCUT2D eigenvalue weighted by Gasteiger charge is -2.39. The maximum atomic E-state index is 5.55. The normalized spacial score (nSPS) is 16.6. The number of fused-ring (bicyclic) bond motifs is 2. The number of rotatable bonds is 5. The smallest absolute Gasteiger partial charge is 0.119 e. The van der Waals surface area contributed by atoms with Gasteiger partial charge in [0.25, 0.3) is 0 Å². The topological polar surface area (TPSA) is 28.1 Å². The van der Waals surface area contributed by atoms with E-state index in [-0.39, 0.29) is 0 Å². The maximum absolute atomic E-state index is 5.55. The lowest BCUT2D eigenvalue weighted by Crippen LogP contribution is -2.44.